The van der Waals surface area contributed by atoms with E-state index >= 15 is 0 Å². The van der Waals surface area contributed by atoms with E-state index in [2.05, 4.69) is 99.9 Å². The third-order valence-electron chi connectivity index (χ3n) is 7.47. The average Bonchev–Trinajstić information content (AvgIpc) is 2.68. The largest absolute Gasteiger partial charge is 0.256 e. The molecule has 0 fully saturated rings. The molecule has 134 valence electrons. The number of benzene rings is 2. The van der Waals surface area contributed by atoms with Gasteiger partial charge in [0.2, 0.25) is 0 Å². The molecule has 0 bridgehead atoms. The topological polar surface area (TPSA) is 12.9 Å². The Kier molecular flexibility index (Phi) is 3.70. The molecule has 0 spiro atoms. The number of pyridine rings is 1. The van der Waals surface area contributed by atoms with Crippen molar-refractivity contribution in [3.05, 3.63) is 64.3 Å². The van der Waals surface area contributed by atoms with Gasteiger partial charge >= 0.3 is 0 Å². The number of hydrogen-bond donors (Lipinski definition) is 0. The Hall–Kier alpha value is -1.67. The quantitative estimate of drug-likeness (QED) is 0.413. The minimum absolute atomic E-state index is 0.102. The normalized spacial score (nSPS) is 19.5. The molecule has 1 aliphatic carbocycles. The van der Waals surface area contributed by atoms with Crippen LogP contribution in [0.1, 0.15) is 52.7 Å². The van der Waals surface area contributed by atoms with Crippen LogP contribution in [0.2, 0.25) is 0 Å². The molecule has 0 aliphatic heterocycles. The van der Waals surface area contributed by atoms with Crippen LogP contribution in [0.5, 0.6) is 0 Å². The number of halogens is 1. The van der Waals surface area contributed by atoms with E-state index in [4.69, 9.17) is 4.98 Å². The fourth-order valence-corrected chi connectivity index (χ4v) is 4.97. The first-order valence-corrected chi connectivity index (χ1v) is 10.1. The molecule has 3 aromatic rings. The monoisotopic (exact) mass is 407 g/mol. The van der Waals surface area contributed by atoms with Crippen molar-refractivity contribution in [2.24, 2.45) is 5.41 Å². The van der Waals surface area contributed by atoms with Crippen LogP contribution in [0.15, 0.2) is 53.1 Å². The molecule has 1 nitrogen and oxygen atoms in total. The van der Waals surface area contributed by atoms with E-state index in [-0.39, 0.29) is 16.2 Å². The van der Waals surface area contributed by atoms with E-state index in [1.54, 1.807) is 0 Å². The number of aromatic nitrogens is 1. The zero-order chi connectivity index (χ0) is 18.9. The number of nitrogens with zero attached hydrogens (tertiary/aromatic N) is 1. The zero-order valence-electron chi connectivity index (χ0n) is 16.4. The van der Waals surface area contributed by atoms with Gasteiger partial charge in [-0.15, -0.1) is 0 Å². The van der Waals surface area contributed by atoms with Gasteiger partial charge in [0.1, 0.15) is 0 Å². The van der Waals surface area contributed by atoms with Crippen LogP contribution in [-0.2, 0) is 10.8 Å². The molecule has 2 heteroatoms. The third-order valence-corrected chi connectivity index (χ3v) is 7.97. The summed E-state index contributed by atoms with van der Waals surface area (Å²) in [6, 6.07) is 15.4. The van der Waals surface area contributed by atoms with Crippen LogP contribution in [0.25, 0.3) is 22.0 Å². The molecule has 1 heterocycles. The smallest absolute Gasteiger partial charge is 0.0780 e. The Labute approximate surface area is 165 Å². The van der Waals surface area contributed by atoms with Gasteiger partial charge in [-0.05, 0) is 57.0 Å². The van der Waals surface area contributed by atoms with E-state index in [1.165, 1.54) is 21.9 Å². The van der Waals surface area contributed by atoms with Crippen LogP contribution >= 0.6 is 15.9 Å². The fourth-order valence-electron chi connectivity index (χ4n) is 4.58. The maximum absolute atomic E-state index is 4.74. The Morgan fingerprint density at radius 3 is 2.12 bits per heavy atom. The minimum Gasteiger partial charge on any atom is -0.256 e. The molecule has 0 saturated carbocycles. The Bertz CT molecular complexity index is 1030. The molecule has 2 aromatic carbocycles. The summed E-state index contributed by atoms with van der Waals surface area (Å²) in [7, 11) is 0. The molecule has 1 aliphatic rings. The maximum atomic E-state index is 4.74. The van der Waals surface area contributed by atoms with Gasteiger partial charge in [-0.3, -0.25) is 4.98 Å². The van der Waals surface area contributed by atoms with E-state index in [0.29, 0.717) is 0 Å². The van der Waals surface area contributed by atoms with E-state index in [1.807, 2.05) is 6.20 Å². The molecule has 4 rings (SSSR count). The number of rotatable bonds is 1. The lowest BCUT2D eigenvalue weighted by Crippen LogP contribution is -2.42. The highest BCUT2D eigenvalue weighted by Gasteiger charge is 2.56. The zero-order valence-corrected chi connectivity index (χ0v) is 18.0. The second-order valence-corrected chi connectivity index (χ2v) is 10.1. The van der Waals surface area contributed by atoms with Crippen molar-refractivity contribution >= 4 is 26.7 Å². The molecule has 0 amide bonds. The number of hydrogen-bond acceptors (Lipinski definition) is 1. The van der Waals surface area contributed by atoms with Crippen molar-refractivity contribution in [1.82, 2.24) is 4.98 Å². The summed E-state index contributed by atoms with van der Waals surface area (Å²) in [4.78, 5) is 4.74. The lowest BCUT2D eigenvalue weighted by Gasteiger charge is -2.44. The summed E-state index contributed by atoms with van der Waals surface area (Å²) in [5.74, 6) is 0. The lowest BCUT2D eigenvalue weighted by atomic mass is 9.59. The molecule has 0 N–H and O–H groups in total. The highest BCUT2D eigenvalue weighted by Crippen LogP contribution is 2.62. The van der Waals surface area contributed by atoms with Gasteiger partial charge in [-0.1, -0.05) is 75.7 Å². The predicted molar refractivity (Wildman–Crippen MR) is 115 cm³/mol. The van der Waals surface area contributed by atoms with Gasteiger partial charge in [0.15, 0.2) is 0 Å². The molecule has 1 aromatic heterocycles. The van der Waals surface area contributed by atoms with Crippen LogP contribution in [0.4, 0.5) is 0 Å². The summed E-state index contributed by atoms with van der Waals surface area (Å²) >= 11 is 3.59. The predicted octanol–water partition coefficient (Wildman–Crippen LogP) is 7.26. The summed E-state index contributed by atoms with van der Waals surface area (Å²) in [6.45, 7) is 14.4. The highest BCUT2D eigenvalue weighted by atomic mass is 79.9. The SMILES string of the molecule is CC1(C)c2cc3ccnc(-c4cccc(Br)c4)c3cc2C(C)(C)C1(C)C. The van der Waals surface area contributed by atoms with Crippen LogP contribution in [0.3, 0.4) is 0 Å². The first-order chi connectivity index (χ1) is 12.1. The van der Waals surface area contributed by atoms with Crippen molar-refractivity contribution in [1.29, 1.82) is 0 Å². The van der Waals surface area contributed by atoms with Crippen molar-refractivity contribution in [2.45, 2.75) is 52.4 Å². The summed E-state index contributed by atoms with van der Waals surface area (Å²) in [5.41, 5.74) is 5.55. The van der Waals surface area contributed by atoms with Crippen molar-refractivity contribution in [3.63, 3.8) is 0 Å². The maximum Gasteiger partial charge on any atom is 0.0780 e. The van der Waals surface area contributed by atoms with Gasteiger partial charge in [0.25, 0.3) is 0 Å². The van der Waals surface area contributed by atoms with Crippen molar-refractivity contribution < 1.29 is 0 Å². The van der Waals surface area contributed by atoms with Crippen LogP contribution in [0, 0.1) is 5.41 Å². The second kappa shape index (κ2) is 5.42. The molecular formula is C24H26BrN. The van der Waals surface area contributed by atoms with Gasteiger partial charge in [-0.2, -0.15) is 0 Å². The highest BCUT2D eigenvalue weighted by molar-refractivity contribution is 9.10. The minimum atomic E-state index is 0.102. The van der Waals surface area contributed by atoms with Crippen LogP contribution < -0.4 is 0 Å². The molecule has 0 unspecified atom stereocenters. The van der Waals surface area contributed by atoms with E-state index in [0.717, 1.165) is 15.7 Å². The molecule has 26 heavy (non-hydrogen) atoms. The first kappa shape index (κ1) is 17.7. The molecular weight excluding hydrogens is 382 g/mol. The summed E-state index contributed by atoms with van der Waals surface area (Å²) in [5, 5.41) is 2.52. The fraction of sp³-hybridized carbons (Fsp3) is 0.375. The summed E-state index contributed by atoms with van der Waals surface area (Å²) < 4.78 is 1.08. The standard InChI is InChI=1S/C24H26BrN/c1-22(2)19-13-15-10-11-26-21(16-8-7-9-17(25)12-16)18(15)14-20(19)23(3,4)24(22,5)6/h7-14H,1-6H3. The van der Waals surface area contributed by atoms with Crippen molar-refractivity contribution in [3.8, 4) is 11.3 Å². The molecule has 0 atom stereocenters. The van der Waals surface area contributed by atoms with Crippen LogP contribution in [-0.4, -0.2) is 4.98 Å². The molecule has 0 radical (unpaired) electrons. The summed E-state index contributed by atoms with van der Waals surface area (Å²) in [6.07, 6.45) is 1.93. The average molecular weight is 408 g/mol. The Morgan fingerprint density at radius 2 is 1.46 bits per heavy atom. The van der Waals surface area contributed by atoms with E-state index in [9.17, 15) is 0 Å². The molecule has 0 saturated heterocycles. The van der Waals surface area contributed by atoms with Gasteiger partial charge in [-0.25, -0.2) is 0 Å². The third kappa shape index (κ3) is 2.18. The van der Waals surface area contributed by atoms with E-state index < -0.39 is 0 Å². The Morgan fingerprint density at radius 1 is 0.808 bits per heavy atom. The Balaban J connectivity index is 2.06. The van der Waals surface area contributed by atoms with Gasteiger partial charge < -0.3 is 0 Å². The van der Waals surface area contributed by atoms with Gasteiger partial charge in [0, 0.05) is 21.6 Å². The number of fused-ring (bicyclic) bond motifs is 2. The van der Waals surface area contributed by atoms with Gasteiger partial charge in [0.05, 0.1) is 5.69 Å². The first-order valence-electron chi connectivity index (χ1n) is 9.27. The second-order valence-electron chi connectivity index (χ2n) is 9.16. The van der Waals surface area contributed by atoms with Crippen molar-refractivity contribution in [2.75, 3.05) is 0 Å². The lowest BCUT2D eigenvalue weighted by molar-refractivity contribution is 0.125.